The van der Waals surface area contributed by atoms with E-state index < -0.39 is 17.7 Å². The van der Waals surface area contributed by atoms with E-state index in [1.807, 2.05) is 45.0 Å². The van der Waals surface area contributed by atoms with Crippen molar-refractivity contribution < 1.29 is 24.2 Å². The molecule has 0 spiro atoms. The summed E-state index contributed by atoms with van der Waals surface area (Å²) in [6.45, 7) is 9.04. The number of benzene rings is 3. The molecule has 1 amide bonds. The minimum atomic E-state index is -0.873. The van der Waals surface area contributed by atoms with Gasteiger partial charge in [-0.1, -0.05) is 55.0 Å². The largest absolute Gasteiger partial charge is 0.507 e. The van der Waals surface area contributed by atoms with Gasteiger partial charge in [0.1, 0.15) is 17.3 Å². The highest BCUT2D eigenvalue weighted by molar-refractivity contribution is 7.22. The molecule has 0 saturated carbocycles. The van der Waals surface area contributed by atoms with Gasteiger partial charge in [0, 0.05) is 5.56 Å². The third kappa shape index (κ3) is 5.19. The molecule has 5 rings (SSSR count). The van der Waals surface area contributed by atoms with Crippen LogP contribution in [0.5, 0.6) is 11.5 Å². The second-order valence-corrected chi connectivity index (χ2v) is 10.8. The van der Waals surface area contributed by atoms with E-state index in [0.717, 1.165) is 34.2 Å². The van der Waals surface area contributed by atoms with Crippen LogP contribution in [0.4, 0.5) is 5.13 Å². The van der Waals surface area contributed by atoms with Crippen LogP contribution < -0.4 is 14.4 Å². The molecule has 0 radical (unpaired) electrons. The van der Waals surface area contributed by atoms with Crippen molar-refractivity contribution in [2.45, 2.75) is 46.6 Å². The number of aryl methyl sites for hydroxylation is 2. The molecule has 0 bridgehead atoms. The minimum absolute atomic E-state index is 0.00651. The number of Topliss-reactive ketones (excluding diaryl/α,β-unsaturated/α-hetero) is 1. The Bertz CT molecular complexity index is 1610. The number of hydrogen-bond acceptors (Lipinski definition) is 7. The average Bonchev–Trinajstić information content (AvgIpc) is 3.47. The Morgan fingerprint density at radius 1 is 1.00 bits per heavy atom. The first-order valence-corrected chi connectivity index (χ1v) is 14.3. The molecular weight excluding hydrogens is 524 g/mol. The molecule has 3 aromatic carbocycles. The van der Waals surface area contributed by atoms with E-state index >= 15 is 0 Å². The zero-order valence-electron chi connectivity index (χ0n) is 23.1. The molecule has 1 saturated heterocycles. The lowest BCUT2D eigenvalue weighted by Crippen LogP contribution is -2.29. The minimum Gasteiger partial charge on any atom is -0.507 e. The van der Waals surface area contributed by atoms with Crippen molar-refractivity contribution in [1.82, 2.24) is 4.98 Å². The fraction of sp³-hybridized carbons (Fsp3) is 0.281. The predicted molar refractivity (Wildman–Crippen MR) is 158 cm³/mol. The maximum Gasteiger partial charge on any atom is 0.301 e. The summed E-state index contributed by atoms with van der Waals surface area (Å²) in [5.74, 6) is -0.494. The molecule has 2 heterocycles. The van der Waals surface area contributed by atoms with Crippen molar-refractivity contribution >= 4 is 44.1 Å². The smallest absolute Gasteiger partial charge is 0.301 e. The number of unbranched alkanes of at least 4 members (excludes halogenated alkanes) is 1. The molecule has 4 aromatic rings. The number of aliphatic hydroxyl groups is 1. The Hall–Kier alpha value is -4.17. The van der Waals surface area contributed by atoms with Crippen molar-refractivity contribution in [3.05, 3.63) is 88.5 Å². The SMILES string of the molecule is CCCCOc1cccc(C(O)=C2C(=O)C(=O)N(c3nc4c(C)cc(C)cc4s3)C2c2ccc(OCC)cc2)c1. The summed E-state index contributed by atoms with van der Waals surface area (Å²) in [6, 6.07) is 17.4. The highest BCUT2D eigenvalue weighted by Crippen LogP contribution is 2.45. The fourth-order valence-electron chi connectivity index (χ4n) is 4.94. The van der Waals surface area contributed by atoms with Gasteiger partial charge in [0.2, 0.25) is 0 Å². The van der Waals surface area contributed by atoms with Gasteiger partial charge in [-0.05, 0) is 74.2 Å². The first-order valence-electron chi connectivity index (χ1n) is 13.5. The van der Waals surface area contributed by atoms with Crippen molar-refractivity contribution in [3.63, 3.8) is 0 Å². The first-order chi connectivity index (χ1) is 19.3. The third-order valence-corrected chi connectivity index (χ3v) is 7.85. The molecule has 8 heteroatoms. The number of aliphatic hydroxyl groups excluding tert-OH is 1. The topological polar surface area (TPSA) is 89.0 Å². The van der Waals surface area contributed by atoms with Crippen molar-refractivity contribution in [1.29, 1.82) is 0 Å². The maximum atomic E-state index is 13.6. The van der Waals surface area contributed by atoms with Gasteiger partial charge in [-0.2, -0.15) is 0 Å². The average molecular weight is 557 g/mol. The zero-order valence-corrected chi connectivity index (χ0v) is 23.9. The lowest BCUT2D eigenvalue weighted by atomic mass is 9.95. The lowest BCUT2D eigenvalue weighted by molar-refractivity contribution is -0.132. The fourth-order valence-corrected chi connectivity index (χ4v) is 6.11. The van der Waals surface area contributed by atoms with Gasteiger partial charge < -0.3 is 14.6 Å². The number of amides is 1. The summed E-state index contributed by atoms with van der Waals surface area (Å²) in [4.78, 5) is 33.4. The van der Waals surface area contributed by atoms with Gasteiger partial charge in [0.15, 0.2) is 5.13 Å². The van der Waals surface area contributed by atoms with E-state index in [1.54, 1.807) is 36.4 Å². The quantitative estimate of drug-likeness (QED) is 0.102. The predicted octanol–water partition coefficient (Wildman–Crippen LogP) is 7.12. The standard InChI is InChI=1S/C32H32N2O5S/c1-5-7-15-39-24-10-8-9-22(18-24)29(35)26-28(21-11-13-23(14-12-21)38-6-2)34(31(37)30(26)36)32-33-27-20(4)16-19(3)17-25(27)40-32/h8-14,16-18,28,35H,5-7,15H2,1-4H3. The number of aromatic nitrogens is 1. The Kier molecular flexibility index (Phi) is 7.89. The second-order valence-electron chi connectivity index (χ2n) is 9.83. The number of nitrogens with zero attached hydrogens (tertiary/aromatic N) is 2. The van der Waals surface area contributed by atoms with Gasteiger partial charge in [-0.25, -0.2) is 4.98 Å². The van der Waals surface area contributed by atoms with Crippen LogP contribution >= 0.6 is 11.3 Å². The molecular formula is C32H32N2O5S. The Balaban J connectivity index is 1.65. The lowest BCUT2D eigenvalue weighted by Gasteiger charge is -2.23. The number of carbonyl (C=O) groups excluding carboxylic acids is 2. The molecule has 1 fully saturated rings. The molecule has 40 heavy (non-hydrogen) atoms. The first kappa shape index (κ1) is 27.4. The van der Waals surface area contributed by atoms with Crippen LogP contribution in [0.3, 0.4) is 0 Å². The van der Waals surface area contributed by atoms with Crippen LogP contribution in [-0.4, -0.2) is 35.0 Å². The highest BCUT2D eigenvalue weighted by atomic mass is 32.1. The summed E-state index contributed by atoms with van der Waals surface area (Å²) >= 11 is 1.35. The molecule has 1 aromatic heterocycles. The maximum absolute atomic E-state index is 13.6. The molecule has 1 atom stereocenters. The van der Waals surface area contributed by atoms with E-state index in [9.17, 15) is 14.7 Å². The highest BCUT2D eigenvalue weighted by Gasteiger charge is 2.48. The van der Waals surface area contributed by atoms with E-state index in [1.165, 1.54) is 16.2 Å². The molecule has 1 unspecified atom stereocenters. The van der Waals surface area contributed by atoms with Crippen molar-refractivity contribution in [2.24, 2.45) is 0 Å². The Morgan fingerprint density at radius 2 is 1.77 bits per heavy atom. The molecule has 0 aliphatic carbocycles. The van der Waals surface area contributed by atoms with Crippen LogP contribution in [0.25, 0.3) is 16.0 Å². The number of thiazole rings is 1. The number of ketones is 1. The summed E-state index contributed by atoms with van der Waals surface area (Å²) in [5.41, 5.74) is 3.94. The summed E-state index contributed by atoms with van der Waals surface area (Å²) in [5, 5.41) is 11.9. The van der Waals surface area contributed by atoms with Gasteiger partial charge in [0.05, 0.1) is 35.0 Å². The van der Waals surface area contributed by atoms with Gasteiger partial charge >= 0.3 is 5.91 Å². The normalized spacial score (nSPS) is 16.6. The summed E-state index contributed by atoms with van der Waals surface area (Å²) in [7, 11) is 0. The van der Waals surface area contributed by atoms with Crippen LogP contribution in [0.1, 0.15) is 55.0 Å². The van der Waals surface area contributed by atoms with Crippen LogP contribution in [0.15, 0.2) is 66.2 Å². The zero-order chi connectivity index (χ0) is 28.4. The van der Waals surface area contributed by atoms with Crippen molar-refractivity contribution in [3.8, 4) is 11.5 Å². The molecule has 7 nitrogen and oxygen atoms in total. The van der Waals surface area contributed by atoms with Crippen LogP contribution in [0, 0.1) is 13.8 Å². The molecule has 1 N–H and O–H groups in total. The van der Waals surface area contributed by atoms with Crippen molar-refractivity contribution in [2.75, 3.05) is 18.1 Å². The molecule has 206 valence electrons. The van der Waals surface area contributed by atoms with E-state index in [2.05, 4.69) is 6.92 Å². The Labute approximate surface area is 237 Å². The summed E-state index contributed by atoms with van der Waals surface area (Å²) in [6.07, 6.45) is 1.90. The Morgan fingerprint density at radius 3 is 2.50 bits per heavy atom. The van der Waals surface area contributed by atoms with E-state index in [-0.39, 0.29) is 11.3 Å². The molecule has 1 aliphatic rings. The van der Waals surface area contributed by atoms with Gasteiger partial charge in [-0.3, -0.25) is 14.5 Å². The number of hydrogen-bond donors (Lipinski definition) is 1. The van der Waals surface area contributed by atoms with Gasteiger partial charge in [-0.15, -0.1) is 0 Å². The van der Waals surface area contributed by atoms with Crippen LogP contribution in [-0.2, 0) is 9.59 Å². The van der Waals surface area contributed by atoms with E-state index in [4.69, 9.17) is 14.5 Å². The van der Waals surface area contributed by atoms with Gasteiger partial charge in [0.25, 0.3) is 5.78 Å². The van der Waals surface area contributed by atoms with Crippen LogP contribution in [0.2, 0.25) is 0 Å². The second kappa shape index (κ2) is 11.5. The summed E-state index contributed by atoms with van der Waals surface area (Å²) < 4.78 is 12.4. The number of carbonyl (C=O) groups is 2. The number of anilines is 1. The number of rotatable bonds is 9. The third-order valence-electron chi connectivity index (χ3n) is 6.85. The van der Waals surface area contributed by atoms with E-state index in [0.29, 0.717) is 41.0 Å². The monoisotopic (exact) mass is 556 g/mol. The number of ether oxygens (including phenoxy) is 2. The number of fused-ring (bicyclic) bond motifs is 1. The molecule has 1 aliphatic heterocycles.